The lowest BCUT2D eigenvalue weighted by Gasteiger charge is -2.32. The van der Waals surface area contributed by atoms with Crippen molar-refractivity contribution in [3.63, 3.8) is 0 Å². The van der Waals surface area contributed by atoms with Gasteiger partial charge in [-0.15, -0.1) is 0 Å². The van der Waals surface area contributed by atoms with E-state index in [0.29, 0.717) is 25.8 Å². The van der Waals surface area contributed by atoms with Crippen LogP contribution in [0.5, 0.6) is 0 Å². The van der Waals surface area contributed by atoms with Crippen molar-refractivity contribution in [1.82, 2.24) is 15.5 Å². The van der Waals surface area contributed by atoms with Crippen molar-refractivity contribution < 1.29 is 29.1 Å². The molecule has 5 unspecified atom stereocenters. The highest BCUT2D eigenvalue weighted by Crippen LogP contribution is 2.20. The van der Waals surface area contributed by atoms with Crippen LogP contribution in [0.1, 0.15) is 53.4 Å². The fraction of sp³-hybridized carbons (Fsp3) is 0.750. The third-order valence-corrected chi connectivity index (χ3v) is 5.60. The number of nitrogens with two attached hydrogens (primary N) is 2. The van der Waals surface area contributed by atoms with E-state index < -0.39 is 53.8 Å². The number of hydrogen-bond acceptors (Lipinski definition) is 6. The summed E-state index contributed by atoms with van der Waals surface area (Å²) in [7, 11) is 0. The van der Waals surface area contributed by atoms with E-state index in [9.17, 15) is 29.1 Å². The molecule has 1 aliphatic heterocycles. The second-order valence-electron chi connectivity index (χ2n) is 8.41. The standard InChI is InChI=1S/C20H35N5O6/c1-5-11(4)16(24-17(27)12(21)9-14(22)26)18(28)23-15(10(2)3)19(29)25-8-6-7-13(25)20(30)31/h10-13,15-16H,5-9,21H2,1-4H3,(H2,22,26)(H,23,28)(H,24,27)(H,30,31). The Labute approximate surface area is 182 Å². The molecule has 5 atom stereocenters. The molecule has 0 aromatic carbocycles. The molecule has 0 aromatic heterocycles. The van der Waals surface area contributed by atoms with Crippen LogP contribution in [0.15, 0.2) is 0 Å². The van der Waals surface area contributed by atoms with Gasteiger partial charge in [0.05, 0.1) is 12.5 Å². The zero-order chi connectivity index (χ0) is 23.9. The van der Waals surface area contributed by atoms with E-state index in [2.05, 4.69) is 10.6 Å². The van der Waals surface area contributed by atoms with Crippen LogP contribution in [0.2, 0.25) is 0 Å². The van der Waals surface area contributed by atoms with Crippen molar-refractivity contribution in [2.75, 3.05) is 6.54 Å². The molecule has 1 aliphatic rings. The Morgan fingerprint density at radius 3 is 2.13 bits per heavy atom. The molecular weight excluding hydrogens is 406 g/mol. The number of carboxylic acids is 1. The summed E-state index contributed by atoms with van der Waals surface area (Å²) in [5.41, 5.74) is 10.7. The number of nitrogens with one attached hydrogen (secondary N) is 2. The predicted molar refractivity (Wildman–Crippen MR) is 112 cm³/mol. The highest BCUT2D eigenvalue weighted by Gasteiger charge is 2.39. The normalized spacial score (nSPS) is 19.9. The largest absolute Gasteiger partial charge is 0.480 e. The first-order chi connectivity index (χ1) is 14.4. The van der Waals surface area contributed by atoms with Crippen molar-refractivity contribution in [1.29, 1.82) is 0 Å². The average Bonchev–Trinajstić information content (AvgIpc) is 3.18. The van der Waals surface area contributed by atoms with Crippen molar-refractivity contribution in [2.24, 2.45) is 23.3 Å². The lowest BCUT2D eigenvalue weighted by atomic mass is 9.95. The quantitative estimate of drug-likeness (QED) is 0.270. The van der Waals surface area contributed by atoms with E-state index in [1.807, 2.05) is 6.92 Å². The van der Waals surface area contributed by atoms with Crippen LogP contribution in [0, 0.1) is 11.8 Å². The number of carbonyl (C=O) groups excluding carboxylic acids is 4. The van der Waals surface area contributed by atoms with Gasteiger partial charge < -0.3 is 32.1 Å². The molecule has 11 heteroatoms. The van der Waals surface area contributed by atoms with Crippen LogP contribution in [0.25, 0.3) is 0 Å². The van der Waals surface area contributed by atoms with Crippen molar-refractivity contribution in [3.05, 3.63) is 0 Å². The lowest BCUT2D eigenvalue weighted by molar-refractivity contribution is -0.150. The summed E-state index contributed by atoms with van der Waals surface area (Å²) in [5, 5.41) is 14.6. The van der Waals surface area contributed by atoms with E-state index in [0.717, 1.165) is 0 Å². The van der Waals surface area contributed by atoms with E-state index in [1.54, 1.807) is 20.8 Å². The lowest BCUT2D eigenvalue weighted by Crippen LogP contribution is -2.60. The molecule has 1 heterocycles. The summed E-state index contributed by atoms with van der Waals surface area (Å²) in [6.07, 6.45) is 1.13. The van der Waals surface area contributed by atoms with Crippen molar-refractivity contribution >= 4 is 29.6 Å². The number of amides is 4. The summed E-state index contributed by atoms with van der Waals surface area (Å²) < 4.78 is 0. The molecule has 11 nitrogen and oxygen atoms in total. The van der Waals surface area contributed by atoms with Gasteiger partial charge in [0.25, 0.3) is 0 Å². The van der Waals surface area contributed by atoms with Gasteiger partial charge in [0.15, 0.2) is 0 Å². The third kappa shape index (κ3) is 7.20. The Hall–Kier alpha value is -2.69. The molecule has 1 rings (SSSR count). The number of carboxylic acid groups (broad SMARTS) is 1. The maximum absolute atomic E-state index is 13.0. The van der Waals surface area contributed by atoms with Crippen LogP contribution in [0.3, 0.4) is 0 Å². The fourth-order valence-corrected chi connectivity index (χ4v) is 3.49. The molecule has 176 valence electrons. The molecule has 0 spiro atoms. The number of aliphatic carboxylic acids is 1. The highest BCUT2D eigenvalue weighted by atomic mass is 16.4. The minimum Gasteiger partial charge on any atom is -0.480 e. The first-order valence-corrected chi connectivity index (χ1v) is 10.6. The zero-order valence-corrected chi connectivity index (χ0v) is 18.6. The molecular formula is C20H35N5O6. The van der Waals surface area contributed by atoms with Crippen molar-refractivity contribution in [2.45, 2.75) is 77.5 Å². The zero-order valence-electron chi connectivity index (χ0n) is 18.6. The number of rotatable bonds is 11. The van der Waals surface area contributed by atoms with Gasteiger partial charge in [0.2, 0.25) is 23.6 Å². The summed E-state index contributed by atoms with van der Waals surface area (Å²) >= 11 is 0. The molecule has 31 heavy (non-hydrogen) atoms. The summed E-state index contributed by atoms with van der Waals surface area (Å²) in [4.78, 5) is 62.2. The van der Waals surface area contributed by atoms with Crippen LogP contribution in [-0.4, -0.2) is 70.3 Å². The topological polar surface area (TPSA) is 185 Å². The number of nitrogens with zero attached hydrogens (tertiary/aromatic N) is 1. The summed E-state index contributed by atoms with van der Waals surface area (Å²) in [6, 6.07) is -4.04. The van der Waals surface area contributed by atoms with E-state index in [1.165, 1.54) is 4.90 Å². The number of hydrogen-bond donors (Lipinski definition) is 5. The Morgan fingerprint density at radius 2 is 1.65 bits per heavy atom. The monoisotopic (exact) mass is 441 g/mol. The average molecular weight is 442 g/mol. The third-order valence-electron chi connectivity index (χ3n) is 5.60. The van der Waals surface area contributed by atoms with Crippen molar-refractivity contribution in [3.8, 4) is 0 Å². The second-order valence-corrected chi connectivity index (χ2v) is 8.41. The first kappa shape index (κ1) is 26.3. The van der Waals surface area contributed by atoms with Gasteiger partial charge in [0.1, 0.15) is 18.1 Å². The highest BCUT2D eigenvalue weighted by molar-refractivity contribution is 5.95. The molecule has 4 amide bonds. The number of carbonyl (C=O) groups is 5. The molecule has 0 aliphatic carbocycles. The Morgan fingerprint density at radius 1 is 1.06 bits per heavy atom. The summed E-state index contributed by atoms with van der Waals surface area (Å²) in [5.74, 6) is -4.15. The molecule has 0 bridgehead atoms. The predicted octanol–water partition coefficient (Wildman–Crippen LogP) is -1.06. The Kier molecular flexibility index (Phi) is 9.89. The maximum atomic E-state index is 13.0. The van der Waals surface area contributed by atoms with E-state index in [4.69, 9.17) is 11.5 Å². The second kappa shape index (κ2) is 11.6. The minimum atomic E-state index is -1.19. The molecule has 0 saturated carbocycles. The Bertz CT molecular complexity index is 698. The van der Waals surface area contributed by atoms with Gasteiger partial charge in [-0.3, -0.25) is 19.2 Å². The first-order valence-electron chi connectivity index (χ1n) is 10.6. The Balaban J connectivity index is 2.99. The smallest absolute Gasteiger partial charge is 0.326 e. The molecule has 0 radical (unpaired) electrons. The van der Waals surface area contributed by atoms with Gasteiger partial charge in [-0.1, -0.05) is 34.1 Å². The van der Waals surface area contributed by atoms with E-state index >= 15 is 0 Å². The minimum absolute atomic E-state index is 0.286. The van der Waals surface area contributed by atoms with Crippen LogP contribution < -0.4 is 22.1 Å². The van der Waals surface area contributed by atoms with Gasteiger partial charge in [-0.2, -0.15) is 0 Å². The number of primary amides is 1. The molecule has 1 saturated heterocycles. The maximum Gasteiger partial charge on any atom is 0.326 e. The van der Waals surface area contributed by atoms with Gasteiger partial charge in [-0.05, 0) is 24.7 Å². The molecule has 0 aromatic rings. The van der Waals surface area contributed by atoms with E-state index in [-0.39, 0.29) is 18.3 Å². The van der Waals surface area contributed by atoms with Gasteiger partial charge in [-0.25, -0.2) is 4.79 Å². The molecule has 7 N–H and O–H groups in total. The molecule has 1 fully saturated rings. The van der Waals surface area contributed by atoms with Crippen LogP contribution >= 0.6 is 0 Å². The summed E-state index contributed by atoms with van der Waals surface area (Å²) in [6.45, 7) is 7.40. The van der Waals surface area contributed by atoms with Gasteiger partial charge in [0, 0.05) is 6.54 Å². The van der Waals surface area contributed by atoms with Crippen LogP contribution in [0.4, 0.5) is 0 Å². The SMILES string of the molecule is CCC(C)C(NC(=O)C(N)CC(N)=O)C(=O)NC(C(=O)N1CCCC1C(=O)O)C(C)C. The van der Waals surface area contributed by atoms with Gasteiger partial charge >= 0.3 is 5.97 Å². The fourth-order valence-electron chi connectivity index (χ4n) is 3.49. The number of likely N-dealkylation sites (tertiary alicyclic amines) is 1. The van der Waals surface area contributed by atoms with Crippen LogP contribution in [-0.2, 0) is 24.0 Å².